The van der Waals surface area contributed by atoms with E-state index < -0.39 is 30.1 Å². The fraction of sp³-hybridized carbons (Fsp3) is 0.944. The summed E-state index contributed by atoms with van der Waals surface area (Å²) in [7, 11) is -5.43. The number of carbonyl (C=O) groups is 1. The van der Waals surface area contributed by atoms with Crippen LogP contribution in [0.4, 0.5) is 4.79 Å². The number of carbonyl (C=O) groups excluding carboxylic acids is 1. The molecule has 162 valence electrons. The van der Waals surface area contributed by atoms with Crippen molar-refractivity contribution in [3.63, 3.8) is 0 Å². The molecule has 0 bridgehead atoms. The quantitative estimate of drug-likeness (QED) is 0.315. The Morgan fingerprint density at radius 3 is 2.04 bits per heavy atom. The highest BCUT2D eigenvalue weighted by molar-refractivity contribution is 7.85. The van der Waals surface area contributed by atoms with Gasteiger partial charge in [0.25, 0.3) is 10.1 Å². The van der Waals surface area contributed by atoms with Crippen molar-refractivity contribution in [3.05, 3.63) is 0 Å². The Bertz CT molecular complexity index is 578. The van der Waals surface area contributed by atoms with Crippen LogP contribution in [0.1, 0.15) is 54.9 Å². The van der Waals surface area contributed by atoms with E-state index >= 15 is 0 Å². The lowest BCUT2D eigenvalue weighted by atomic mass is 10.2. The summed E-state index contributed by atoms with van der Waals surface area (Å²) in [6.45, 7) is 18.9. The van der Waals surface area contributed by atoms with Crippen molar-refractivity contribution in [2.45, 2.75) is 84.7 Å². The molecule has 0 heterocycles. The molecule has 0 N–H and O–H groups in total. The van der Waals surface area contributed by atoms with Crippen molar-refractivity contribution in [2.24, 2.45) is 0 Å². The SMILES string of the molecule is C[C@@H](CO[Si](C)(C)C(C)(C)C)N(CCCOS(C)(=O)=O)C(=O)OC(C)(C)C. The van der Waals surface area contributed by atoms with Gasteiger partial charge in [-0.1, -0.05) is 20.8 Å². The molecule has 0 aromatic heterocycles. The smallest absolute Gasteiger partial charge is 0.410 e. The Labute approximate surface area is 167 Å². The normalized spacial score (nSPS) is 14.7. The lowest BCUT2D eigenvalue weighted by Gasteiger charge is -2.38. The van der Waals surface area contributed by atoms with E-state index in [0.29, 0.717) is 19.6 Å². The van der Waals surface area contributed by atoms with Gasteiger partial charge in [-0.15, -0.1) is 0 Å². The van der Waals surface area contributed by atoms with Crippen molar-refractivity contribution in [1.29, 1.82) is 0 Å². The van der Waals surface area contributed by atoms with Crippen LogP contribution in [-0.4, -0.2) is 65.4 Å². The predicted octanol–water partition coefficient (Wildman–Crippen LogP) is 4.00. The number of rotatable bonds is 9. The van der Waals surface area contributed by atoms with Crippen molar-refractivity contribution < 1.29 is 26.6 Å². The minimum atomic E-state index is -3.49. The highest BCUT2D eigenvalue weighted by Crippen LogP contribution is 2.36. The van der Waals surface area contributed by atoms with Crippen molar-refractivity contribution in [1.82, 2.24) is 4.90 Å². The van der Waals surface area contributed by atoms with E-state index in [1.54, 1.807) is 4.90 Å². The highest BCUT2D eigenvalue weighted by Gasteiger charge is 2.38. The van der Waals surface area contributed by atoms with Gasteiger partial charge in [-0.25, -0.2) is 4.79 Å². The largest absolute Gasteiger partial charge is 0.444 e. The molecule has 1 atom stereocenters. The fourth-order valence-corrected chi connectivity index (χ4v) is 3.40. The first-order valence-corrected chi connectivity index (χ1v) is 14.1. The summed E-state index contributed by atoms with van der Waals surface area (Å²) in [5.41, 5.74) is -0.613. The van der Waals surface area contributed by atoms with Crippen molar-refractivity contribution in [2.75, 3.05) is 26.0 Å². The van der Waals surface area contributed by atoms with Crippen molar-refractivity contribution >= 4 is 24.5 Å². The van der Waals surface area contributed by atoms with Gasteiger partial charge in [0.15, 0.2) is 8.32 Å². The van der Waals surface area contributed by atoms with Gasteiger partial charge in [0.05, 0.1) is 25.5 Å². The summed E-state index contributed by atoms with van der Waals surface area (Å²) in [5.74, 6) is 0. The molecule has 0 saturated carbocycles. The Morgan fingerprint density at radius 1 is 1.11 bits per heavy atom. The summed E-state index contributed by atoms with van der Waals surface area (Å²) in [6.07, 6.45) is 0.957. The lowest BCUT2D eigenvalue weighted by molar-refractivity contribution is 0.0114. The minimum Gasteiger partial charge on any atom is -0.444 e. The van der Waals surface area contributed by atoms with Crippen LogP contribution in [0.15, 0.2) is 0 Å². The lowest BCUT2D eigenvalue weighted by Crippen LogP contribution is -2.48. The first-order valence-electron chi connectivity index (χ1n) is 9.34. The fourth-order valence-electron chi connectivity index (χ4n) is 1.89. The van der Waals surface area contributed by atoms with Crippen LogP contribution in [0.25, 0.3) is 0 Å². The van der Waals surface area contributed by atoms with Gasteiger partial charge >= 0.3 is 6.09 Å². The molecule has 0 unspecified atom stereocenters. The van der Waals surface area contributed by atoms with E-state index in [2.05, 4.69) is 33.9 Å². The third-order valence-electron chi connectivity index (χ3n) is 4.49. The van der Waals surface area contributed by atoms with E-state index in [4.69, 9.17) is 13.3 Å². The molecular formula is C18H39NO6SSi. The topological polar surface area (TPSA) is 82.1 Å². The van der Waals surface area contributed by atoms with E-state index in [1.807, 2.05) is 27.7 Å². The van der Waals surface area contributed by atoms with Crippen LogP contribution in [0, 0.1) is 0 Å². The molecule has 0 rings (SSSR count). The van der Waals surface area contributed by atoms with Crippen LogP contribution in [0.3, 0.4) is 0 Å². The molecule has 0 fully saturated rings. The van der Waals surface area contributed by atoms with Crippen LogP contribution in [0.5, 0.6) is 0 Å². The Balaban J connectivity index is 5.02. The summed E-state index contributed by atoms with van der Waals surface area (Å²) in [4.78, 5) is 14.2. The molecule has 0 aromatic carbocycles. The van der Waals surface area contributed by atoms with E-state index in [-0.39, 0.29) is 17.7 Å². The average Bonchev–Trinajstić information content (AvgIpc) is 2.40. The van der Waals surface area contributed by atoms with Gasteiger partial charge in [-0.3, -0.25) is 4.18 Å². The maximum Gasteiger partial charge on any atom is 0.410 e. The van der Waals surface area contributed by atoms with Gasteiger partial charge in [0.1, 0.15) is 5.60 Å². The third kappa shape index (κ3) is 11.1. The van der Waals surface area contributed by atoms with Gasteiger partial charge in [0.2, 0.25) is 0 Å². The number of nitrogens with zero attached hydrogens (tertiary/aromatic N) is 1. The Morgan fingerprint density at radius 2 is 1.63 bits per heavy atom. The maximum atomic E-state index is 12.6. The zero-order chi connectivity index (χ0) is 21.7. The number of hydrogen-bond donors (Lipinski definition) is 0. The maximum absolute atomic E-state index is 12.6. The average molecular weight is 426 g/mol. The van der Waals surface area contributed by atoms with Gasteiger partial charge in [-0.05, 0) is 52.2 Å². The van der Waals surface area contributed by atoms with E-state index in [1.165, 1.54) is 0 Å². The molecular weight excluding hydrogens is 386 g/mol. The van der Waals surface area contributed by atoms with Crippen LogP contribution >= 0.6 is 0 Å². The van der Waals surface area contributed by atoms with Crippen LogP contribution in [-0.2, 0) is 23.5 Å². The van der Waals surface area contributed by atoms with Crippen molar-refractivity contribution in [3.8, 4) is 0 Å². The number of amides is 1. The Hall–Kier alpha value is -0.643. The predicted molar refractivity (Wildman–Crippen MR) is 111 cm³/mol. The monoisotopic (exact) mass is 425 g/mol. The molecule has 7 nitrogen and oxygen atoms in total. The summed E-state index contributed by atoms with van der Waals surface area (Å²) >= 11 is 0. The van der Waals surface area contributed by atoms with Crippen LogP contribution in [0.2, 0.25) is 18.1 Å². The highest BCUT2D eigenvalue weighted by atomic mass is 32.2. The summed E-state index contributed by atoms with van der Waals surface area (Å²) < 4.78 is 38.7. The molecule has 9 heteroatoms. The minimum absolute atomic E-state index is 0.0218. The molecule has 0 aliphatic heterocycles. The third-order valence-corrected chi connectivity index (χ3v) is 9.59. The second-order valence-electron chi connectivity index (χ2n) is 9.47. The van der Waals surface area contributed by atoms with Gasteiger partial charge in [0, 0.05) is 6.54 Å². The van der Waals surface area contributed by atoms with Gasteiger partial charge < -0.3 is 14.1 Å². The standard InChI is InChI=1S/C18H39NO6SSi/c1-15(14-24-27(9,10)18(5,6)7)19(16(20)25-17(2,3)4)12-11-13-23-26(8,21)22/h15H,11-14H2,1-10H3/t15-/m0/s1. The van der Waals surface area contributed by atoms with E-state index in [9.17, 15) is 13.2 Å². The molecule has 0 aromatic rings. The molecule has 1 amide bonds. The second kappa shape index (κ2) is 9.71. The molecule has 0 saturated heterocycles. The molecule has 0 spiro atoms. The summed E-state index contributed by atoms with van der Waals surface area (Å²) in [5, 5.41) is 0.0762. The second-order valence-corrected chi connectivity index (χ2v) is 15.9. The first-order chi connectivity index (χ1) is 11.9. The zero-order valence-corrected chi connectivity index (χ0v) is 20.5. The van der Waals surface area contributed by atoms with E-state index in [0.717, 1.165) is 6.26 Å². The van der Waals surface area contributed by atoms with Crippen LogP contribution < -0.4 is 0 Å². The molecule has 0 aliphatic carbocycles. The number of hydrogen-bond acceptors (Lipinski definition) is 6. The molecule has 0 radical (unpaired) electrons. The first kappa shape index (κ1) is 26.4. The molecule has 27 heavy (non-hydrogen) atoms. The molecule has 0 aliphatic rings. The Kier molecular flexibility index (Phi) is 9.48. The zero-order valence-electron chi connectivity index (χ0n) is 18.7. The van der Waals surface area contributed by atoms with Gasteiger partial charge in [-0.2, -0.15) is 8.42 Å². The summed E-state index contributed by atoms with van der Waals surface area (Å²) in [6, 6.07) is -0.202. The number of ether oxygens (including phenoxy) is 1.